The van der Waals surface area contributed by atoms with Crippen LogP contribution in [0.15, 0.2) is 18.3 Å². The molecule has 0 atom stereocenters. The van der Waals surface area contributed by atoms with E-state index in [0.717, 1.165) is 25.7 Å². The highest BCUT2D eigenvalue weighted by Gasteiger charge is 2.22. The Labute approximate surface area is 111 Å². The highest BCUT2D eigenvalue weighted by atomic mass is 35.5. The minimum atomic E-state index is -0.166. The minimum absolute atomic E-state index is 0.166. The molecule has 1 fully saturated rings. The number of hydrogen-bond donors (Lipinski definition) is 2. The number of halogens is 1. The smallest absolute Gasteiger partial charge is 0.254 e. The molecule has 1 aliphatic carbocycles. The first-order valence-electron chi connectivity index (χ1n) is 6.23. The van der Waals surface area contributed by atoms with Crippen molar-refractivity contribution in [2.24, 2.45) is 5.92 Å². The lowest BCUT2D eigenvalue weighted by Gasteiger charge is -2.27. The summed E-state index contributed by atoms with van der Waals surface area (Å²) in [5, 5.41) is 12.3. The second-order valence-corrected chi connectivity index (χ2v) is 5.07. The third kappa shape index (κ3) is 3.21. The van der Waals surface area contributed by atoms with Gasteiger partial charge in [-0.3, -0.25) is 4.79 Å². The number of carbonyl (C=O) groups excluding carboxylic acids is 1. The van der Waals surface area contributed by atoms with E-state index in [1.807, 2.05) is 0 Å². The van der Waals surface area contributed by atoms with Crippen LogP contribution in [0.5, 0.6) is 0 Å². The second-order valence-electron chi connectivity index (χ2n) is 4.72. The monoisotopic (exact) mass is 268 g/mol. The summed E-state index contributed by atoms with van der Waals surface area (Å²) in [7, 11) is 0. The number of rotatable bonds is 3. The highest BCUT2D eigenvalue weighted by molar-refractivity contribution is 6.32. The van der Waals surface area contributed by atoms with Crippen molar-refractivity contribution in [3.63, 3.8) is 0 Å². The molecule has 1 amide bonds. The standard InChI is InChI=1S/C13H17ClN2O2/c14-12-11(2-1-7-15-12)13(18)16-10-5-3-9(8-17)4-6-10/h1-2,7,9-10,17H,3-6,8H2,(H,16,18). The average Bonchev–Trinajstić information content (AvgIpc) is 2.40. The number of amides is 1. The van der Waals surface area contributed by atoms with Gasteiger partial charge in [-0.05, 0) is 43.7 Å². The lowest BCUT2D eigenvalue weighted by atomic mass is 9.86. The van der Waals surface area contributed by atoms with Crippen LogP contribution in [-0.2, 0) is 0 Å². The van der Waals surface area contributed by atoms with Crippen LogP contribution < -0.4 is 5.32 Å². The maximum absolute atomic E-state index is 12.0. The van der Waals surface area contributed by atoms with Gasteiger partial charge in [-0.25, -0.2) is 4.98 Å². The third-order valence-electron chi connectivity index (χ3n) is 3.44. The largest absolute Gasteiger partial charge is 0.396 e. The first-order chi connectivity index (χ1) is 8.70. The van der Waals surface area contributed by atoms with Crippen LogP contribution in [0.4, 0.5) is 0 Å². The topological polar surface area (TPSA) is 62.2 Å². The molecule has 5 heteroatoms. The lowest BCUT2D eigenvalue weighted by molar-refractivity contribution is 0.0914. The van der Waals surface area contributed by atoms with Crippen molar-refractivity contribution in [3.05, 3.63) is 29.0 Å². The molecule has 0 spiro atoms. The van der Waals surface area contributed by atoms with Crippen LogP contribution in [0.2, 0.25) is 5.15 Å². The number of pyridine rings is 1. The van der Waals surface area contributed by atoms with Gasteiger partial charge in [0.15, 0.2) is 0 Å². The minimum Gasteiger partial charge on any atom is -0.396 e. The molecule has 1 saturated carbocycles. The highest BCUT2D eigenvalue weighted by Crippen LogP contribution is 2.24. The Morgan fingerprint density at radius 3 is 2.78 bits per heavy atom. The molecular formula is C13H17ClN2O2. The van der Waals surface area contributed by atoms with E-state index in [0.29, 0.717) is 11.5 Å². The first kappa shape index (κ1) is 13.3. The van der Waals surface area contributed by atoms with Crippen molar-refractivity contribution >= 4 is 17.5 Å². The van der Waals surface area contributed by atoms with Crippen molar-refractivity contribution < 1.29 is 9.90 Å². The van der Waals surface area contributed by atoms with Crippen LogP contribution in [0, 0.1) is 5.92 Å². The molecule has 0 unspecified atom stereocenters. The summed E-state index contributed by atoms with van der Waals surface area (Å²) in [6, 6.07) is 3.55. The Hall–Kier alpha value is -1.13. The fourth-order valence-corrected chi connectivity index (χ4v) is 2.51. The van der Waals surface area contributed by atoms with E-state index < -0.39 is 0 Å². The van der Waals surface area contributed by atoms with Crippen molar-refractivity contribution in [1.82, 2.24) is 10.3 Å². The molecule has 1 aromatic heterocycles. The molecule has 0 radical (unpaired) electrons. The van der Waals surface area contributed by atoms with Gasteiger partial charge < -0.3 is 10.4 Å². The number of aliphatic hydroxyl groups is 1. The summed E-state index contributed by atoms with van der Waals surface area (Å²) in [5.41, 5.74) is 0.420. The van der Waals surface area contributed by atoms with Gasteiger partial charge in [0.25, 0.3) is 5.91 Å². The van der Waals surface area contributed by atoms with Crippen LogP contribution >= 0.6 is 11.6 Å². The number of aliphatic hydroxyl groups excluding tert-OH is 1. The Morgan fingerprint density at radius 2 is 2.17 bits per heavy atom. The molecule has 1 aromatic rings. The number of aromatic nitrogens is 1. The molecule has 1 aliphatic rings. The fourth-order valence-electron chi connectivity index (χ4n) is 2.31. The van der Waals surface area contributed by atoms with E-state index in [1.54, 1.807) is 18.3 Å². The summed E-state index contributed by atoms with van der Waals surface area (Å²) in [6.45, 7) is 0.245. The van der Waals surface area contributed by atoms with Crippen LogP contribution in [0.3, 0.4) is 0 Å². The van der Waals surface area contributed by atoms with Gasteiger partial charge >= 0.3 is 0 Å². The maximum Gasteiger partial charge on any atom is 0.254 e. The van der Waals surface area contributed by atoms with Crippen LogP contribution in [0.25, 0.3) is 0 Å². The zero-order valence-electron chi connectivity index (χ0n) is 10.1. The molecule has 18 heavy (non-hydrogen) atoms. The van der Waals surface area contributed by atoms with E-state index >= 15 is 0 Å². The normalized spacial score (nSPS) is 23.7. The predicted octanol–water partition coefficient (Wildman–Crippen LogP) is 2.02. The summed E-state index contributed by atoms with van der Waals surface area (Å²) >= 11 is 5.88. The van der Waals surface area contributed by atoms with Crippen LogP contribution in [0.1, 0.15) is 36.0 Å². The van der Waals surface area contributed by atoms with Gasteiger partial charge in [0.2, 0.25) is 0 Å². The molecule has 0 bridgehead atoms. The number of hydrogen-bond acceptors (Lipinski definition) is 3. The Kier molecular flexibility index (Phi) is 4.55. The summed E-state index contributed by atoms with van der Waals surface area (Å²) in [4.78, 5) is 15.9. The van der Waals surface area contributed by atoms with E-state index in [1.165, 1.54) is 0 Å². The summed E-state index contributed by atoms with van der Waals surface area (Å²) in [5.74, 6) is 0.223. The number of carbonyl (C=O) groups is 1. The van der Waals surface area contributed by atoms with Crippen molar-refractivity contribution in [3.8, 4) is 0 Å². The van der Waals surface area contributed by atoms with Crippen molar-refractivity contribution in [1.29, 1.82) is 0 Å². The molecule has 2 rings (SSSR count). The molecule has 98 valence electrons. The molecule has 1 heterocycles. The second kappa shape index (κ2) is 6.16. The van der Waals surface area contributed by atoms with Crippen molar-refractivity contribution in [2.45, 2.75) is 31.7 Å². The molecule has 0 aliphatic heterocycles. The zero-order chi connectivity index (χ0) is 13.0. The van der Waals surface area contributed by atoms with E-state index in [4.69, 9.17) is 16.7 Å². The van der Waals surface area contributed by atoms with E-state index in [9.17, 15) is 4.79 Å². The Bertz CT molecular complexity index is 417. The predicted molar refractivity (Wildman–Crippen MR) is 69.5 cm³/mol. The van der Waals surface area contributed by atoms with Gasteiger partial charge in [0, 0.05) is 18.8 Å². The molecule has 0 aromatic carbocycles. The zero-order valence-corrected chi connectivity index (χ0v) is 10.9. The molecule has 4 nitrogen and oxygen atoms in total. The molecular weight excluding hydrogens is 252 g/mol. The number of nitrogens with one attached hydrogen (secondary N) is 1. The molecule has 0 saturated heterocycles. The number of nitrogens with zero attached hydrogens (tertiary/aromatic N) is 1. The maximum atomic E-state index is 12.0. The van der Waals surface area contributed by atoms with Gasteiger partial charge in [-0.15, -0.1) is 0 Å². The first-order valence-corrected chi connectivity index (χ1v) is 6.60. The molecule has 2 N–H and O–H groups in total. The van der Waals surface area contributed by atoms with Gasteiger partial charge in [-0.1, -0.05) is 11.6 Å². The average molecular weight is 269 g/mol. The van der Waals surface area contributed by atoms with Gasteiger partial charge in [0.05, 0.1) is 5.56 Å². The SMILES string of the molecule is O=C(NC1CCC(CO)CC1)c1cccnc1Cl. The summed E-state index contributed by atoms with van der Waals surface area (Å²) in [6.07, 6.45) is 5.31. The van der Waals surface area contributed by atoms with E-state index in [-0.39, 0.29) is 23.7 Å². The quantitative estimate of drug-likeness (QED) is 0.825. The van der Waals surface area contributed by atoms with E-state index in [2.05, 4.69) is 10.3 Å². The van der Waals surface area contributed by atoms with Crippen LogP contribution in [-0.4, -0.2) is 28.6 Å². The Balaban J connectivity index is 1.91. The third-order valence-corrected chi connectivity index (χ3v) is 3.75. The van der Waals surface area contributed by atoms with Gasteiger partial charge in [0.1, 0.15) is 5.15 Å². The Morgan fingerprint density at radius 1 is 1.44 bits per heavy atom. The fraction of sp³-hybridized carbons (Fsp3) is 0.538. The lowest BCUT2D eigenvalue weighted by Crippen LogP contribution is -2.38. The van der Waals surface area contributed by atoms with Crippen molar-refractivity contribution in [2.75, 3.05) is 6.61 Å². The van der Waals surface area contributed by atoms with Gasteiger partial charge in [-0.2, -0.15) is 0 Å². The summed E-state index contributed by atoms with van der Waals surface area (Å²) < 4.78 is 0.